The molecular formula is C17H15F3N4O2. The molecular weight excluding hydrogens is 349 g/mol. The molecule has 0 spiro atoms. The fourth-order valence-corrected chi connectivity index (χ4v) is 2.35. The summed E-state index contributed by atoms with van der Waals surface area (Å²) in [7, 11) is 0. The van der Waals surface area contributed by atoms with E-state index < -0.39 is 11.7 Å². The minimum Gasteiger partial charge on any atom is -0.506 e. The molecule has 3 aromatic rings. The molecule has 0 saturated heterocycles. The van der Waals surface area contributed by atoms with Gasteiger partial charge >= 0.3 is 12.2 Å². The first-order chi connectivity index (χ1) is 12.2. The highest BCUT2D eigenvalue weighted by atomic mass is 19.4. The molecule has 3 rings (SSSR count). The Hall–Kier alpha value is -3.10. The van der Waals surface area contributed by atoms with Gasteiger partial charge in [0.05, 0.1) is 11.3 Å². The van der Waals surface area contributed by atoms with E-state index in [0.29, 0.717) is 28.2 Å². The molecule has 0 atom stereocenters. The number of rotatable bonds is 3. The van der Waals surface area contributed by atoms with Crippen LogP contribution in [0.1, 0.15) is 22.4 Å². The van der Waals surface area contributed by atoms with Gasteiger partial charge in [-0.25, -0.2) is 4.98 Å². The molecule has 2 aromatic heterocycles. The van der Waals surface area contributed by atoms with E-state index in [1.54, 1.807) is 20.8 Å². The largest absolute Gasteiger partial charge is 0.506 e. The highest BCUT2D eigenvalue weighted by Crippen LogP contribution is 2.32. The molecule has 0 aliphatic rings. The number of nitrogens with one attached hydrogen (secondary N) is 1. The molecule has 136 valence electrons. The second-order valence-electron chi connectivity index (χ2n) is 5.76. The van der Waals surface area contributed by atoms with Gasteiger partial charge in [-0.2, -0.15) is 13.2 Å². The maximum Gasteiger partial charge on any atom is 0.416 e. The predicted molar refractivity (Wildman–Crippen MR) is 88.1 cm³/mol. The second kappa shape index (κ2) is 6.32. The highest BCUT2D eigenvalue weighted by Gasteiger charge is 2.30. The van der Waals surface area contributed by atoms with E-state index in [4.69, 9.17) is 4.42 Å². The average molecular weight is 364 g/mol. The topological polar surface area (TPSA) is 84.1 Å². The molecule has 0 aliphatic heterocycles. The summed E-state index contributed by atoms with van der Waals surface area (Å²) in [5.41, 5.74) is 1.43. The zero-order chi connectivity index (χ0) is 19.1. The lowest BCUT2D eigenvalue weighted by molar-refractivity contribution is -0.137. The van der Waals surface area contributed by atoms with Gasteiger partial charge in [0.1, 0.15) is 11.6 Å². The summed E-state index contributed by atoms with van der Waals surface area (Å²) in [6.07, 6.45) is -4.40. The molecule has 0 radical (unpaired) electrons. The third-order valence-corrected chi connectivity index (χ3v) is 4.00. The van der Waals surface area contributed by atoms with Crippen molar-refractivity contribution in [2.45, 2.75) is 26.9 Å². The Balaban J connectivity index is 1.85. The van der Waals surface area contributed by atoms with Crippen LogP contribution in [0.25, 0.3) is 11.5 Å². The number of hydrogen-bond acceptors (Lipinski definition) is 6. The molecule has 26 heavy (non-hydrogen) atoms. The van der Waals surface area contributed by atoms with Crippen molar-refractivity contribution in [3.8, 4) is 17.2 Å². The van der Waals surface area contributed by atoms with Crippen molar-refractivity contribution in [2.75, 3.05) is 5.32 Å². The molecule has 0 fully saturated rings. The quantitative estimate of drug-likeness (QED) is 0.711. The first-order valence-corrected chi connectivity index (χ1v) is 7.61. The predicted octanol–water partition coefficient (Wildman–Crippen LogP) is 4.52. The van der Waals surface area contributed by atoms with Crippen molar-refractivity contribution >= 4 is 11.8 Å². The van der Waals surface area contributed by atoms with Crippen molar-refractivity contribution < 1.29 is 22.7 Å². The van der Waals surface area contributed by atoms with Crippen LogP contribution >= 0.6 is 0 Å². The normalized spacial score (nSPS) is 11.6. The number of benzene rings is 1. The fraction of sp³-hybridized carbons (Fsp3) is 0.235. The Morgan fingerprint density at radius 2 is 1.65 bits per heavy atom. The molecule has 0 bridgehead atoms. The maximum atomic E-state index is 12.6. The minimum absolute atomic E-state index is 0.0417. The standard InChI is InChI=1S/C17H15F3N4O2/c1-8-9(2)14(21-10(3)13(8)25)22-16-24-23-15(26-16)11-4-6-12(7-5-11)17(18,19)20/h4-7,25H,1-3H3,(H,21,22,24). The Labute approximate surface area is 146 Å². The third kappa shape index (κ3) is 3.32. The zero-order valence-electron chi connectivity index (χ0n) is 14.1. The van der Waals surface area contributed by atoms with Crippen molar-refractivity contribution in [2.24, 2.45) is 0 Å². The number of halogens is 3. The smallest absolute Gasteiger partial charge is 0.416 e. The lowest BCUT2D eigenvalue weighted by Crippen LogP contribution is -2.03. The van der Waals surface area contributed by atoms with Gasteiger partial charge < -0.3 is 9.52 Å². The number of hydrogen-bond donors (Lipinski definition) is 2. The van der Waals surface area contributed by atoms with E-state index in [-0.39, 0.29) is 17.7 Å². The summed E-state index contributed by atoms with van der Waals surface area (Å²) in [5, 5.41) is 20.4. The molecule has 0 aliphatic carbocycles. The van der Waals surface area contributed by atoms with Crippen molar-refractivity contribution in [3.63, 3.8) is 0 Å². The molecule has 2 heterocycles. The van der Waals surface area contributed by atoms with Gasteiger partial charge in [0.15, 0.2) is 0 Å². The Morgan fingerprint density at radius 3 is 2.27 bits per heavy atom. The van der Waals surface area contributed by atoms with Crippen molar-refractivity contribution in [1.29, 1.82) is 0 Å². The number of aryl methyl sites for hydroxylation is 1. The van der Waals surface area contributed by atoms with E-state index >= 15 is 0 Å². The van der Waals surface area contributed by atoms with Crippen LogP contribution in [-0.4, -0.2) is 20.3 Å². The fourth-order valence-electron chi connectivity index (χ4n) is 2.35. The van der Waals surface area contributed by atoms with Crippen molar-refractivity contribution in [1.82, 2.24) is 15.2 Å². The number of anilines is 2. The number of aromatic nitrogens is 3. The summed E-state index contributed by atoms with van der Waals surface area (Å²) in [4.78, 5) is 4.24. The Bertz CT molecular complexity index is 950. The SMILES string of the molecule is Cc1nc(Nc2nnc(-c3ccc(C(F)(F)F)cc3)o2)c(C)c(C)c1O. The maximum absolute atomic E-state index is 12.6. The van der Waals surface area contributed by atoms with E-state index in [0.717, 1.165) is 12.1 Å². The van der Waals surface area contributed by atoms with E-state index in [2.05, 4.69) is 20.5 Å². The van der Waals surface area contributed by atoms with Crippen LogP contribution in [0.5, 0.6) is 5.75 Å². The molecule has 2 N–H and O–H groups in total. The third-order valence-electron chi connectivity index (χ3n) is 4.00. The molecule has 9 heteroatoms. The highest BCUT2D eigenvalue weighted by molar-refractivity contribution is 5.60. The van der Waals surface area contributed by atoms with Gasteiger partial charge in [-0.05, 0) is 56.2 Å². The lowest BCUT2D eigenvalue weighted by atomic mass is 10.1. The lowest BCUT2D eigenvalue weighted by Gasteiger charge is -2.11. The van der Waals surface area contributed by atoms with Gasteiger partial charge in [0.25, 0.3) is 0 Å². The van der Waals surface area contributed by atoms with Gasteiger partial charge in [-0.15, -0.1) is 5.10 Å². The summed E-state index contributed by atoms with van der Waals surface area (Å²) in [6, 6.07) is 4.47. The molecule has 0 saturated carbocycles. The molecule has 6 nitrogen and oxygen atoms in total. The molecule has 0 unspecified atom stereocenters. The summed E-state index contributed by atoms with van der Waals surface area (Å²) in [6.45, 7) is 5.19. The number of pyridine rings is 1. The average Bonchev–Trinajstić information content (AvgIpc) is 3.06. The minimum atomic E-state index is -4.40. The monoisotopic (exact) mass is 364 g/mol. The Kier molecular flexibility index (Phi) is 4.31. The van der Waals surface area contributed by atoms with Gasteiger partial charge in [-0.1, -0.05) is 5.10 Å². The van der Waals surface area contributed by atoms with Gasteiger partial charge in [-0.3, -0.25) is 5.32 Å². The number of nitrogens with zero attached hydrogens (tertiary/aromatic N) is 3. The summed E-state index contributed by atoms with van der Waals surface area (Å²) >= 11 is 0. The van der Waals surface area contributed by atoms with Gasteiger partial charge in [0, 0.05) is 5.56 Å². The van der Waals surface area contributed by atoms with Crippen LogP contribution in [-0.2, 0) is 6.18 Å². The number of alkyl halides is 3. The van der Waals surface area contributed by atoms with Crippen molar-refractivity contribution in [3.05, 3.63) is 46.6 Å². The first kappa shape index (κ1) is 17.7. The van der Waals surface area contributed by atoms with Crippen LogP contribution in [0.15, 0.2) is 28.7 Å². The van der Waals surface area contributed by atoms with Crippen LogP contribution in [0.2, 0.25) is 0 Å². The van der Waals surface area contributed by atoms with Crippen LogP contribution in [0, 0.1) is 20.8 Å². The second-order valence-corrected chi connectivity index (χ2v) is 5.76. The van der Waals surface area contributed by atoms with Crippen LogP contribution in [0.4, 0.5) is 25.0 Å². The van der Waals surface area contributed by atoms with E-state index in [9.17, 15) is 18.3 Å². The molecule has 0 amide bonds. The van der Waals surface area contributed by atoms with Crippen LogP contribution < -0.4 is 5.32 Å². The van der Waals surface area contributed by atoms with E-state index in [1.165, 1.54) is 12.1 Å². The summed E-state index contributed by atoms with van der Waals surface area (Å²) in [5.74, 6) is 0.635. The molecule has 1 aromatic carbocycles. The Morgan fingerprint density at radius 1 is 1.00 bits per heavy atom. The summed E-state index contributed by atoms with van der Waals surface area (Å²) < 4.78 is 43.3. The van der Waals surface area contributed by atoms with Gasteiger partial charge in [0.2, 0.25) is 5.89 Å². The number of aromatic hydroxyl groups is 1. The van der Waals surface area contributed by atoms with E-state index in [1.807, 2.05) is 0 Å². The van der Waals surface area contributed by atoms with Crippen LogP contribution in [0.3, 0.4) is 0 Å². The first-order valence-electron chi connectivity index (χ1n) is 7.61. The zero-order valence-corrected chi connectivity index (χ0v) is 14.1.